The number of hydrogen-bond donors (Lipinski definition) is 0. The summed E-state index contributed by atoms with van der Waals surface area (Å²) in [7, 11) is 1.48. The van der Waals surface area contributed by atoms with E-state index < -0.39 is 28.9 Å². The zero-order valence-corrected chi connectivity index (χ0v) is 31.5. The molecule has 1 amide bonds. The Morgan fingerprint density at radius 2 is 1.85 bits per heavy atom. The molecule has 6 heterocycles. The first kappa shape index (κ1) is 37.1. The number of hydrogen-bond acceptors (Lipinski definition) is 10. The SMILES string of the molecule is C#Cc1c(F)ccc2cc(OCOC)cc(-c3ncc4c(N5C[C@@H]6CC[C@@H](C5)N6C(=O)OC(C)(C)C)nc(OC[C@@]56CCCCN5C[C@H](F)C6)nc4c3F)c12. The number of anilines is 1. The van der Waals surface area contributed by atoms with Crippen LogP contribution < -0.4 is 14.4 Å². The number of piperidine rings is 1. The average Bonchev–Trinajstić information content (AvgIpc) is 3.63. The second-order valence-corrected chi connectivity index (χ2v) is 16.1. The van der Waals surface area contributed by atoms with Gasteiger partial charge >= 0.3 is 12.1 Å². The smallest absolute Gasteiger partial charge is 0.410 e. The molecule has 290 valence electrons. The molecule has 2 aromatic carbocycles. The van der Waals surface area contributed by atoms with E-state index in [9.17, 15) is 9.18 Å². The molecule has 0 spiro atoms. The Bertz CT molecular complexity index is 2180. The Hall–Kier alpha value is -4.87. The standard InChI is InChI=1S/C41H45F3N6O5/c1-6-29-32(43)12-9-24-15-28(54-23-52-5)16-30(33(24)29)35-34(44)36-31(18-45-35)37(48-20-26-10-11-27(21-48)50(26)39(51)55-40(2,3)4)47-38(46-36)53-22-41-13-7-8-14-49(41)19-25(42)17-41/h1,9,12,15-16,18,25-27H,7-8,10-11,13-14,17,19-23H2,2-5H3/t25-,26+,27+,41+/m1/s1. The molecule has 2 bridgehead atoms. The van der Waals surface area contributed by atoms with Gasteiger partial charge in [-0.3, -0.25) is 14.8 Å². The normalized spacial score (nSPS) is 23.9. The minimum atomic E-state index is -0.964. The molecule has 0 aliphatic carbocycles. The molecule has 4 saturated heterocycles. The number of methoxy groups -OCH3 is 1. The summed E-state index contributed by atoms with van der Waals surface area (Å²) in [6.45, 7) is 7.55. The molecule has 0 N–H and O–H groups in total. The largest absolute Gasteiger partial charge is 0.468 e. The molecular weight excluding hydrogens is 713 g/mol. The number of pyridine rings is 1. The van der Waals surface area contributed by atoms with Gasteiger partial charge in [0.05, 0.1) is 28.6 Å². The monoisotopic (exact) mass is 758 g/mol. The molecule has 4 aliphatic rings. The van der Waals surface area contributed by atoms with E-state index in [1.807, 2.05) is 30.6 Å². The van der Waals surface area contributed by atoms with Gasteiger partial charge in [-0.05, 0) is 76.6 Å². The number of nitrogens with zero attached hydrogens (tertiary/aromatic N) is 6. The van der Waals surface area contributed by atoms with E-state index in [0.29, 0.717) is 48.4 Å². The molecule has 14 heteroatoms. The van der Waals surface area contributed by atoms with E-state index in [0.717, 1.165) is 38.6 Å². The highest BCUT2D eigenvalue weighted by atomic mass is 19.1. The van der Waals surface area contributed by atoms with Crippen molar-refractivity contribution in [2.45, 2.75) is 88.7 Å². The van der Waals surface area contributed by atoms with Gasteiger partial charge in [0.1, 0.15) is 47.0 Å². The number of alkyl halides is 1. The second-order valence-electron chi connectivity index (χ2n) is 16.1. The van der Waals surface area contributed by atoms with Crippen LogP contribution in [0.4, 0.5) is 23.8 Å². The van der Waals surface area contributed by atoms with Gasteiger partial charge in [0.2, 0.25) is 0 Å². The van der Waals surface area contributed by atoms with Crippen molar-refractivity contribution in [1.82, 2.24) is 24.8 Å². The summed E-state index contributed by atoms with van der Waals surface area (Å²) in [6, 6.07) is 5.65. The molecule has 0 radical (unpaired) electrons. The highest BCUT2D eigenvalue weighted by molar-refractivity contribution is 6.03. The predicted octanol–water partition coefficient (Wildman–Crippen LogP) is 7.02. The van der Waals surface area contributed by atoms with Gasteiger partial charge in [-0.15, -0.1) is 6.42 Å². The second kappa shape index (κ2) is 14.3. The number of amides is 1. The number of fused-ring (bicyclic) bond motifs is 5. The van der Waals surface area contributed by atoms with Gasteiger partial charge in [0.25, 0.3) is 0 Å². The summed E-state index contributed by atoms with van der Waals surface area (Å²) in [5.74, 6) is 1.74. The first-order valence-corrected chi connectivity index (χ1v) is 18.9. The van der Waals surface area contributed by atoms with Crippen LogP contribution in [0, 0.1) is 24.0 Å². The highest BCUT2D eigenvalue weighted by Crippen LogP contribution is 2.42. The molecule has 4 atom stereocenters. The van der Waals surface area contributed by atoms with E-state index in [-0.39, 0.29) is 65.3 Å². The predicted molar refractivity (Wildman–Crippen MR) is 201 cm³/mol. The van der Waals surface area contributed by atoms with Crippen LogP contribution in [0.2, 0.25) is 0 Å². The van der Waals surface area contributed by atoms with E-state index >= 15 is 8.78 Å². The Morgan fingerprint density at radius 1 is 1.07 bits per heavy atom. The summed E-state index contributed by atoms with van der Waals surface area (Å²) in [5.41, 5.74) is -1.18. The molecule has 4 fully saturated rings. The Balaban J connectivity index is 1.24. The van der Waals surface area contributed by atoms with E-state index in [4.69, 9.17) is 30.4 Å². The van der Waals surface area contributed by atoms with Crippen molar-refractivity contribution in [3.63, 3.8) is 0 Å². The fourth-order valence-corrected chi connectivity index (χ4v) is 8.96. The first-order valence-electron chi connectivity index (χ1n) is 18.9. The number of halogens is 3. The van der Waals surface area contributed by atoms with Crippen molar-refractivity contribution in [3.8, 4) is 35.4 Å². The molecule has 4 aromatic rings. The lowest BCUT2D eigenvalue weighted by Gasteiger charge is -2.42. The van der Waals surface area contributed by atoms with Crippen molar-refractivity contribution < 1.29 is 36.9 Å². The topological polar surface area (TPSA) is 102 Å². The molecule has 8 rings (SSSR count). The number of terminal acetylenes is 1. The van der Waals surface area contributed by atoms with Gasteiger partial charge in [0.15, 0.2) is 12.6 Å². The summed E-state index contributed by atoms with van der Waals surface area (Å²) < 4.78 is 70.3. The molecule has 11 nitrogen and oxygen atoms in total. The van der Waals surface area contributed by atoms with Crippen molar-refractivity contribution >= 4 is 33.6 Å². The number of carbonyl (C=O) groups excluding carboxylic acids is 1. The van der Waals surface area contributed by atoms with Crippen LogP contribution in [-0.4, -0.2) is 107 Å². The van der Waals surface area contributed by atoms with Crippen LogP contribution in [0.15, 0.2) is 30.5 Å². The fraction of sp³-hybridized carbons (Fsp3) is 0.512. The number of rotatable bonds is 8. The number of benzene rings is 2. The van der Waals surface area contributed by atoms with Crippen molar-refractivity contribution in [3.05, 3.63) is 47.7 Å². The zero-order valence-electron chi connectivity index (χ0n) is 31.5. The van der Waals surface area contributed by atoms with Gasteiger partial charge in [-0.1, -0.05) is 18.4 Å². The fourth-order valence-electron chi connectivity index (χ4n) is 8.96. The van der Waals surface area contributed by atoms with Crippen LogP contribution in [0.25, 0.3) is 32.9 Å². The van der Waals surface area contributed by atoms with Crippen molar-refractivity contribution in [2.75, 3.05) is 51.6 Å². The number of aromatic nitrogens is 3. The maximum absolute atomic E-state index is 17.3. The lowest BCUT2D eigenvalue weighted by molar-refractivity contribution is 0.0122. The lowest BCUT2D eigenvalue weighted by atomic mass is 9.87. The molecule has 2 aromatic heterocycles. The first-order chi connectivity index (χ1) is 26.4. The van der Waals surface area contributed by atoms with Gasteiger partial charge in [-0.25, -0.2) is 18.0 Å². The van der Waals surface area contributed by atoms with Crippen molar-refractivity contribution in [2.24, 2.45) is 0 Å². The summed E-state index contributed by atoms with van der Waals surface area (Å²) >= 11 is 0. The maximum Gasteiger partial charge on any atom is 0.410 e. The van der Waals surface area contributed by atoms with Crippen LogP contribution in [0.5, 0.6) is 11.8 Å². The summed E-state index contributed by atoms with van der Waals surface area (Å²) in [5, 5.41) is 1.14. The number of carbonyl (C=O) groups is 1. The quantitative estimate of drug-likeness (QED) is 0.138. The number of ether oxygens (including phenoxy) is 4. The summed E-state index contributed by atoms with van der Waals surface area (Å²) in [4.78, 5) is 33.4. The van der Waals surface area contributed by atoms with E-state index in [1.165, 1.54) is 19.4 Å². The minimum Gasteiger partial charge on any atom is -0.468 e. The van der Waals surface area contributed by atoms with Gasteiger partial charge in [-0.2, -0.15) is 9.97 Å². The van der Waals surface area contributed by atoms with Crippen LogP contribution in [0.1, 0.15) is 64.9 Å². The Morgan fingerprint density at radius 3 is 2.58 bits per heavy atom. The molecular formula is C41H45F3N6O5. The van der Waals surface area contributed by atoms with Crippen LogP contribution >= 0.6 is 0 Å². The maximum atomic E-state index is 17.3. The Kier molecular flexibility index (Phi) is 9.66. The van der Waals surface area contributed by atoms with Crippen LogP contribution in [-0.2, 0) is 9.47 Å². The van der Waals surface area contributed by atoms with Crippen LogP contribution in [0.3, 0.4) is 0 Å². The van der Waals surface area contributed by atoms with Crippen molar-refractivity contribution in [1.29, 1.82) is 0 Å². The van der Waals surface area contributed by atoms with E-state index in [2.05, 4.69) is 20.8 Å². The highest BCUT2D eigenvalue weighted by Gasteiger charge is 2.48. The van der Waals surface area contributed by atoms with Gasteiger partial charge in [0, 0.05) is 50.3 Å². The lowest BCUT2D eigenvalue weighted by Crippen LogP contribution is -2.57. The summed E-state index contributed by atoms with van der Waals surface area (Å²) in [6.07, 6.45) is 10.6. The van der Waals surface area contributed by atoms with Gasteiger partial charge < -0.3 is 23.8 Å². The molecule has 55 heavy (non-hydrogen) atoms. The van der Waals surface area contributed by atoms with E-state index in [1.54, 1.807) is 18.2 Å². The Labute approximate surface area is 318 Å². The molecule has 4 aliphatic heterocycles. The third-order valence-electron chi connectivity index (χ3n) is 11.3. The average molecular weight is 759 g/mol. The molecule has 0 unspecified atom stereocenters. The third kappa shape index (κ3) is 6.86. The minimum absolute atomic E-state index is 0.0446. The third-order valence-corrected chi connectivity index (χ3v) is 11.3. The molecule has 0 saturated carbocycles. The zero-order chi connectivity index (χ0) is 38.6. The number of piperazine rings is 1.